The zero-order valence-corrected chi connectivity index (χ0v) is 15.5. The zero-order chi connectivity index (χ0) is 22.2. The molecule has 0 bridgehead atoms. The van der Waals surface area contributed by atoms with Crippen LogP contribution in [0, 0.1) is 0 Å². The van der Waals surface area contributed by atoms with Crippen molar-refractivity contribution in [2.45, 2.75) is 5.51 Å². The number of methoxy groups -OCH3 is 2. The number of rotatable bonds is 4. The highest BCUT2D eigenvalue weighted by Gasteiger charge is 2.49. The average molecular weight is 438 g/mol. The highest BCUT2D eigenvalue weighted by Crippen LogP contribution is 2.28. The molecule has 0 unspecified atom stereocenters. The monoisotopic (exact) mass is 438 g/mol. The Morgan fingerprint density at radius 2 is 1.45 bits per heavy atom. The van der Waals surface area contributed by atoms with Crippen molar-refractivity contribution in [1.29, 1.82) is 0 Å². The van der Waals surface area contributed by atoms with E-state index in [2.05, 4.69) is 23.6 Å². The van der Waals surface area contributed by atoms with Gasteiger partial charge in [0.05, 0.1) is 14.2 Å². The van der Waals surface area contributed by atoms with Crippen LogP contribution in [-0.2, 0) is 19.6 Å². The Kier molecular flexibility index (Phi) is 7.88. The third-order valence-corrected chi connectivity index (χ3v) is 3.76. The predicted molar refractivity (Wildman–Crippen MR) is 88.4 cm³/mol. The summed E-state index contributed by atoms with van der Waals surface area (Å²) in [5, 5.41) is 9.05. The van der Waals surface area contributed by atoms with Crippen LogP contribution < -0.4 is 4.18 Å². The van der Waals surface area contributed by atoms with E-state index in [-0.39, 0.29) is 11.4 Å². The molecular weight excluding hydrogens is 425 g/mol. The molecule has 0 radical (unpaired) electrons. The maximum absolute atomic E-state index is 12.1. The molecule has 2 aromatic heterocycles. The lowest BCUT2D eigenvalue weighted by molar-refractivity contribution is -0.0500. The maximum Gasteiger partial charge on any atom is 0.534 e. The second-order valence-corrected chi connectivity index (χ2v) is 6.23. The van der Waals surface area contributed by atoms with Gasteiger partial charge >= 0.3 is 27.6 Å². The van der Waals surface area contributed by atoms with Crippen LogP contribution in [0.3, 0.4) is 0 Å². The van der Waals surface area contributed by atoms with Crippen LogP contribution in [-0.4, -0.2) is 55.2 Å². The molecule has 0 aliphatic rings. The minimum Gasteiger partial charge on any atom is -0.505 e. The number of carbonyl (C=O) groups is 2. The predicted octanol–water partition coefficient (Wildman–Crippen LogP) is 1.67. The number of hydrogen-bond acceptors (Lipinski definition) is 10. The largest absolute Gasteiger partial charge is 0.534 e. The molecule has 2 rings (SSSR count). The summed E-state index contributed by atoms with van der Waals surface area (Å²) in [6, 6.07) is 4.86. The first-order chi connectivity index (χ1) is 13.4. The minimum absolute atomic E-state index is 0.0602. The van der Waals surface area contributed by atoms with E-state index < -0.39 is 39.0 Å². The Morgan fingerprint density at radius 3 is 1.93 bits per heavy atom. The number of aromatic nitrogens is 2. The van der Waals surface area contributed by atoms with E-state index in [1.165, 1.54) is 25.4 Å². The maximum atomic E-state index is 12.1. The van der Waals surface area contributed by atoms with Gasteiger partial charge in [-0.1, -0.05) is 0 Å². The molecule has 10 nitrogen and oxygen atoms in total. The number of nitrogens with zero attached hydrogens (tertiary/aromatic N) is 2. The lowest BCUT2D eigenvalue weighted by atomic mass is 10.3. The Labute approximate surface area is 162 Å². The van der Waals surface area contributed by atoms with Crippen LogP contribution in [0.4, 0.5) is 13.2 Å². The molecule has 29 heavy (non-hydrogen) atoms. The van der Waals surface area contributed by atoms with E-state index in [1.54, 1.807) is 0 Å². The van der Waals surface area contributed by atoms with Crippen LogP contribution in [0.1, 0.15) is 21.0 Å². The summed E-state index contributed by atoms with van der Waals surface area (Å²) in [7, 11) is -3.67. The molecule has 158 valence electrons. The number of ether oxygens (including phenoxy) is 2. The van der Waals surface area contributed by atoms with Gasteiger partial charge in [-0.15, -0.1) is 0 Å². The first-order valence-electron chi connectivity index (χ1n) is 7.21. The van der Waals surface area contributed by atoms with Crippen LogP contribution in [0.5, 0.6) is 11.5 Å². The first kappa shape index (κ1) is 23.6. The summed E-state index contributed by atoms with van der Waals surface area (Å²) in [4.78, 5) is 28.9. The van der Waals surface area contributed by atoms with Crippen LogP contribution in [0.15, 0.2) is 36.7 Å². The Balaban J connectivity index is 0.000000326. The molecule has 2 heterocycles. The number of esters is 2. The summed E-state index contributed by atoms with van der Waals surface area (Å²) >= 11 is 0. The molecule has 0 spiro atoms. The van der Waals surface area contributed by atoms with Crippen molar-refractivity contribution in [3.8, 4) is 11.5 Å². The third kappa shape index (κ3) is 6.31. The Hall–Kier alpha value is -3.42. The zero-order valence-electron chi connectivity index (χ0n) is 14.7. The highest BCUT2D eigenvalue weighted by molar-refractivity contribution is 7.88. The second-order valence-electron chi connectivity index (χ2n) is 4.69. The Morgan fingerprint density at radius 1 is 0.966 bits per heavy atom. The normalized spacial score (nSPS) is 10.9. The molecule has 0 aliphatic carbocycles. The molecule has 0 aliphatic heterocycles. The van der Waals surface area contributed by atoms with E-state index >= 15 is 0 Å². The van der Waals surface area contributed by atoms with Crippen LogP contribution >= 0.6 is 0 Å². The van der Waals surface area contributed by atoms with Gasteiger partial charge in [-0.3, -0.25) is 0 Å². The first-order valence-corrected chi connectivity index (χ1v) is 8.61. The van der Waals surface area contributed by atoms with Crippen LogP contribution in [0.2, 0.25) is 0 Å². The highest BCUT2D eigenvalue weighted by atomic mass is 32.2. The summed E-state index contributed by atoms with van der Waals surface area (Å²) < 4.78 is 70.1. The summed E-state index contributed by atoms with van der Waals surface area (Å²) in [5.41, 5.74) is -6.33. The molecule has 14 heteroatoms. The summed E-state index contributed by atoms with van der Waals surface area (Å²) in [6.45, 7) is 0. The van der Waals surface area contributed by atoms with Gasteiger partial charge in [0.1, 0.15) is 5.75 Å². The quantitative estimate of drug-likeness (QED) is 0.425. The van der Waals surface area contributed by atoms with Gasteiger partial charge in [0.15, 0.2) is 17.1 Å². The van der Waals surface area contributed by atoms with Crippen molar-refractivity contribution in [3.05, 3.63) is 48.0 Å². The van der Waals surface area contributed by atoms with Gasteiger partial charge in [0.25, 0.3) is 0 Å². The van der Waals surface area contributed by atoms with Gasteiger partial charge in [-0.25, -0.2) is 19.6 Å². The van der Waals surface area contributed by atoms with Crippen molar-refractivity contribution >= 4 is 22.1 Å². The molecule has 1 N–H and O–H groups in total. The fourth-order valence-corrected chi connectivity index (χ4v) is 1.99. The van der Waals surface area contributed by atoms with Gasteiger partial charge in [-0.2, -0.15) is 21.6 Å². The number of alkyl halides is 3. The summed E-state index contributed by atoms with van der Waals surface area (Å²) in [5.74, 6) is -2.79. The SMILES string of the molecule is COC(=O)c1ncccc1O.COC(=O)c1ncccc1OS(=O)(=O)C(F)(F)F. The van der Waals surface area contributed by atoms with Crippen LogP contribution in [0.25, 0.3) is 0 Å². The average Bonchev–Trinajstić information content (AvgIpc) is 2.67. The standard InChI is InChI=1S/C8H6F3NO5S.C7H7NO3/c1-16-7(13)6-5(3-2-4-12-6)17-18(14,15)8(9,10)11;1-11-7(10)6-5(9)3-2-4-8-6/h2-4H,1H3;2-4,9H,1H3. The molecule has 0 aromatic carbocycles. The number of aromatic hydroxyl groups is 1. The fourth-order valence-electron chi connectivity index (χ4n) is 1.52. The molecule has 0 amide bonds. The van der Waals surface area contributed by atoms with E-state index in [9.17, 15) is 31.2 Å². The number of pyridine rings is 2. The number of halogens is 3. The van der Waals surface area contributed by atoms with E-state index in [1.807, 2.05) is 0 Å². The van der Waals surface area contributed by atoms with Crippen molar-refractivity contribution in [3.63, 3.8) is 0 Å². The molecular formula is C15H13F3N2O8S. The molecule has 0 saturated carbocycles. The number of hydrogen-bond donors (Lipinski definition) is 1. The molecule has 0 atom stereocenters. The fraction of sp³-hybridized carbons (Fsp3) is 0.200. The van der Waals surface area contributed by atoms with E-state index in [0.29, 0.717) is 0 Å². The smallest absolute Gasteiger partial charge is 0.505 e. The van der Waals surface area contributed by atoms with Crippen molar-refractivity contribution in [1.82, 2.24) is 9.97 Å². The molecule has 0 fully saturated rings. The lowest BCUT2D eigenvalue weighted by Crippen LogP contribution is -2.28. The molecule has 2 aromatic rings. The van der Waals surface area contributed by atoms with Gasteiger partial charge in [0.2, 0.25) is 0 Å². The summed E-state index contributed by atoms with van der Waals surface area (Å²) in [6.07, 6.45) is 2.48. The third-order valence-electron chi connectivity index (χ3n) is 2.80. The van der Waals surface area contributed by atoms with Gasteiger partial charge < -0.3 is 18.8 Å². The Bertz CT molecular complexity index is 980. The number of carbonyl (C=O) groups excluding carboxylic acids is 2. The van der Waals surface area contributed by atoms with Crippen molar-refractivity contribution in [2.75, 3.05) is 14.2 Å². The topological polar surface area (TPSA) is 142 Å². The van der Waals surface area contributed by atoms with Crippen molar-refractivity contribution in [2.24, 2.45) is 0 Å². The van der Waals surface area contributed by atoms with E-state index in [0.717, 1.165) is 25.4 Å². The van der Waals surface area contributed by atoms with Crippen molar-refractivity contribution < 1.29 is 49.9 Å². The van der Waals surface area contributed by atoms with Gasteiger partial charge in [-0.05, 0) is 24.3 Å². The van der Waals surface area contributed by atoms with Gasteiger partial charge in [0, 0.05) is 12.4 Å². The van der Waals surface area contributed by atoms with E-state index in [4.69, 9.17) is 5.11 Å². The molecule has 0 saturated heterocycles. The second kappa shape index (κ2) is 9.68. The minimum atomic E-state index is -5.86. The lowest BCUT2D eigenvalue weighted by Gasteiger charge is -2.10.